The number of aliphatic carboxylic acids is 1. The average Bonchev–Trinajstić information content (AvgIpc) is 2.67. The Labute approximate surface area is 168 Å². The lowest BCUT2D eigenvalue weighted by Crippen LogP contribution is -2.48. The molecule has 0 aromatic heterocycles. The van der Waals surface area contributed by atoms with Gasteiger partial charge in [-0.1, -0.05) is 26.0 Å². The fraction of sp³-hybridized carbons (Fsp3) is 0.474. The molecule has 1 aromatic rings. The molecule has 0 saturated heterocycles. The van der Waals surface area contributed by atoms with Crippen LogP contribution in [0.4, 0.5) is 5.69 Å². The minimum absolute atomic E-state index is 0.115. The van der Waals surface area contributed by atoms with Crippen LogP contribution in [-0.4, -0.2) is 54.8 Å². The predicted molar refractivity (Wildman–Crippen MR) is 104 cm³/mol. The highest BCUT2D eigenvalue weighted by Crippen LogP contribution is 2.11. The summed E-state index contributed by atoms with van der Waals surface area (Å²) in [4.78, 5) is 45.0. The number of carboxylic acids is 1. The molecular formula is C19H27N3O7. The van der Waals surface area contributed by atoms with E-state index in [9.17, 15) is 19.2 Å². The molecule has 29 heavy (non-hydrogen) atoms. The van der Waals surface area contributed by atoms with Crippen molar-refractivity contribution in [3.63, 3.8) is 0 Å². The van der Waals surface area contributed by atoms with Crippen molar-refractivity contribution in [2.45, 2.75) is 39.7 Å². The molecule has 0 spiro atoms. The summed E-state index contributed by atoms with van der Waals surface area (Å²) < 4.78 is 10.3. The van der Waals surface area contributed by atoms with Crippen molar-refractivity contribution in [2.75, 3.05) is 18.5 Å². The molecular weight excluding hydrogens is 382 g/mol. The van der Waals surface area contributed by atoms with Crippen LogP contribution in [0.1, 0.15) is 26.3 Å². The molecule has 2 unspecified atom stereocenters. The third kappa shape index (κ3) is 9.67. The fourth-order valence-corrected chi connectivity index (χ4v) is 2.26. The maximum Gasteiger partial charge on any atom is 0.329 e. The van der Waals surface area contributed by atoms with Crippen molar-refractivity contribution in [1.82, 2.24) is 10.6 Å². The smallest absolute Gasteiger partial charge is 0.329 e. The second-order valence-electron chi connectivity index (χ2n) is 6.55. The van der Waals surface area contributed by atoms with Crippen LogP contribution >= 0.6 is 0 Å². The summed E-state index contributed by atoms with van der Waals surface area (Å²) in [5, 5.41) is 16.1. The van der Waals surface area contributed by atoms with Gasteiger partial charge >= 0.3 is 5.97 Å². The summed E-state index contributed by atoms with van der Waals surface area (Å²) >= 11 is 0. The van der Waals surface area contributed by atoms with Gasteiger partial charge in [-0.05, 0) is 30.5 Å². The van der Waals surface area contributed by atoms with E-state index in [-0.39, 0.29) is 19.1 Å². The molecule has 0 aliphatic rings. The Balaban J connectivity index is 2.42. The van der Waals surface area contributed by atoms with Crippen LogP contribution in [-0.2, 0) is 35.3 Å². The van der Waals surface area contributed by atoms with Gasteiger partial charge in [-0.2, -0.15) is 0 Å². The maximum absolute atomic E-state index is 12.0. The third-order valence-electron chi connectivity index (χ3n) is 3.78. The number of nitrogens with one attached hydrogen (secondary N) is 3. The Morgan fingerprint density at radius 1 is 1.10 bits per heavy atom. The SMILES string of the molecule is CC(OCC(=O)O)OCc1ccc(NC(=O)CNC(=O)C(NC=O)C(C)C)cc1. The van der Waals surface area contributed by atoms with Crippen LogP contribution in [0.3, 0.4) is 0 Å². The van der Waals surface area contributed by atoms with Crippen LogP contribution in [0.25, 0.3) is 0 Å². The summed E-state index contributed by atoms with van der Waals surface area (Å²) in [6.45, 7) is 4.71. The van der Waals surface area contributed by atoms with Crippen molar-refractivity contribution >= 4 is 29.9 Å². The summed E-state index contributed by atoms with van der Waals surface area (Å²) in [6, 6.07) is 6.11. The van der Waals surface area contributed by atoms with E-state index in [1.54, 1.807) is 45.0 Å². The van der Waals surface area contributed by atoms with Crippen LogP contribution in [0.5, 0.6) is 0 Å². The second kappa shape index (κ2) is 12.5. The molecule has 0 aliphatic carbocycles. The fourth-order valence-electron chi connectivity index (χ4n) is 2.26. The lowest BCUT2D eigenvalue weighted by atomic mass is 10.0. The predicted octanol–water partition coefficient (Wildman–Crippen LogP) is 0.476. The van der Waals surface area contributed by atoms with E-state index in [1.165, 1.54) is 0 Å². The normalized spacial score (nSPS) is 12.7. The van der Waals surface area contributed by atoms with E-state index < -0.39 is 36.7 Å². The number of hydrogen-bond donors (Lipinski definition) is 4. The molecule has 1 rings (SSSR count). The highest BCUT2D eigenvalue weighted by atomic mass is 16.7. The van der Waals surface area contributed by atoms with Crippen molar-refractivity contribution in [3.05, 3.63) is 29.8 Å². The van der Waals surface area contributed by atoms with Crippen molar-refractivity contribution in [1.29, 1.82) is 0 Å². The van der Waals surface area contributed by atoms with Gasteiger partial charge in [0, 0.05) is 5.69 Å². The van der Waals surface area contributed by atoms with Gasteiger partial charge in [-0.15, -0.1) is 0 Å². The zero-order valence-electron chi connectivity index (χ0n) is 16.6. The first-order valence-electron chi connectivity index (χ1n) is 9.04. The Bertz CT molecular complexity index is 692. The monoisotopic (exact) mass is 409 g/mol. The molecule has 3 amide bonds. The van der Waals surface area contributed by atoms with E-state index in [0.717, 1.165) is 5.56 Å². The first-order valence-corrected chi connectivity index (χ1v) is 9.04. The van der Waals surface area contributed by atoms with E-state index in [0.29, 0.717) is 12.1 Å². The van der Waals surface area contributed by atoms with Gasteiger partial charge in [-0.3, -0.25) is 14.4 Å². The number of carboxylic acid groups (broad SMARTS) is 1. The molecule has 10 nitrogen and oxygen atoms in total. The molecule has 10 heteroatoms. The van der Waals surface area contributed by atoms with Crippen molar-refractivity contribution in [3.8, 4) is 0 Å². The van der Waals surface area contributed by atoms with E-state index in [4.69, 9.17) is 14.6 Å². The topological polar surface area (TPSA) is 143 Å². The molecule has 2 atom stereocenters. The molecule has 0 heterocycles. The molecule has 4 N–H and O–H groups in total. The zero-order chi connectivity index (χ0) is 21.8. The van der Waals surface area contributed by atoms with Crippen LogP contribution in [0.15, 0.2) is 24.3 Å². The van der Waals surface area contributed by atoms with Gasteiger partial charge < -0.3 is 30.5 Å². The number of carbonyl (C=O) groups is 4. The number of amides is 3. The number of carbonyl (C=O) groups excluding carboxylic acids is 3. The lowest BCUT2D eigenvalue weighted by molar-refractivity contribution is -0.166. The van der Waals surface area contributed by atoms with Gasteiger partial charge in [0.15, 0.2) is 6.29 Å². The Morgan fingerprint density at radius 3 is 2.31 bits per heavy atom. The molecule has 0 saturated carbocycles. The Kier molecular flexibility index (Phi) is 10.3. The zero-order valence-corrected chi connectivity index (χ0v) is 16.6. The Hall–Kier alpha value is -2.98. The molecule has 0 fully saturated rings. The van der Waals surface area contributed by atoms with Crippen LogP contribution in [0.2, 0.25) is 0 Å². The number of hydrogen-bond acceptors (Lipinski definition) is 6. The second-order valence-corrected chi connectivity index (χ2v) is 6.55. The molecule has 0 radical (unpaired) electrons. The minimum atomic E-state index is -1.07. The Morgan fingerprint density at radius 2 is 1.76 bits per heavy atom. The number of anilines is 1. The largest absolute Gasteiger partial charge is 0.480 e. The van der Waals surface area contributed by atoms with Gasteiger partial charge in [-0.25, -0.2) is 4.79 Å². The van der Waals surface area contributed by atoms with Gasteiger partial charge in [0.25, 0.3) is 0 Å². The van der Waals surface area contributed by atoms with E-state index in [2.05, 4.69) is 16.0 Å². The summed E-state index contributed by atoms with van der Waals surface area (Å²) in [5.41, 5.74) is 1.34. The number of benzene rings is 1. The molecule has 1 aromatic carbocycles. The first kappa shape index (κ1) is 24.1. The quantitative estimate of drug-likeness (QED) is 0.274. The van der Waals surface area contributed by atoms with Crippen LogP contribution < -0.4 is 16.0 Å². The highest BCUT2D eigenvalue weighted by molar-refractivity contribution is 5.95. The van der Waals surface area contributed by atoms with Gasteiger partial charge in [0.2, 0.25) is 18.2 Å². The standard InChI is InChI=1S/C19H27N3O7/c1-12(2)18(21-11-23)19(27)20-8-16(24)22-15-6-4-14(5-7-15)9-28-13(3)29-10-17(25)26/h4-7,11-13,18H,8-10H2,1-3H3,(H,20,27)(H,21,23)(H,22,24)(H,25,26). The summed E-state index contributed by atoms with van der Waals surface area (Å²) in [6.07, 6.45) is -0.216. The van der Waals surface area contributed by atoms with Gasteiger partial charge in [0.1, 0.15) is 12.6 Å². The number of ether oxygens (including phenoxy) is 2. The van der Waals surface area contributed by atoms with E-state index in [1.807, 2.05) is 0 Å². The van der Waals surface area contributed by atoms with Crippen molar-refractivity contribution < 1.29 is 33.8 Å². The molecule has 0 aliphatic heterocycles. The average molecular weight is 409 g/mol. The van der Waals surface area contributed by atoms with Crippen molar-refractivity contribution in [2.24, 2.45) is 5.92 Å². The van der Waals surface area contributed by atoms with Crippen LogP contribution in [0, 0.1) is 5.92 Å². The van der Waals surface area contributed by atoms with Gasteiger partial charge in [0.05, 0.1) is 13.2 Å². The summed E-state index contributed by atoms with van der Waals surface area (Å²) in [7, 11) is 0. The number of rotatable bonds is 13. The summed E-state index contributed by atoms with van der Waals surface area (Å²) in [5.74, 6) is -2.03. The molecule has 0 bridgehead atoms. The minimum Gasteiger partial charge on any atom is -0.480 e. The highest BCUT2D eigenvalue weighted by Gasteiger charge is 2.21. The molecule has 160 valence electrons. The van der Waals surface area contributed by atoms with E-state index >= 15 is 0 Å². The maximum atomic E-state index is 12.0. The first-order chi connectivity index (χ1) is 13.7. The lowest BCUT2D eigenvalue weighted by Gasteiger charge is -2.19. The third-order valence-corrected chi connectivity index (χ3v) is 3.78.